The second-order valence-corrected chi connectivity index (χ2v) is 12.9. The Morgan fingerprint density at radius 3 is 2.49 bits per heavy atom. The molecule has 39 heavy (non-hydrogen) atoms. The zero-order valence-corrected chi connectivity index (χ0v) is 24.7. The molecule has 2 aromatic rings. The van der Waals surface area contributed by atoms with Crippen LogP contribution in [0.15, 0.2) is 45.9 Å². The smallest absolute Gasteiger partial charge is 0.410 e. The number of piperidine rings is 1. The van der Waals surface area contributed by atoms with E-state index in [1.54, 1.807) is 6.34 Å². The van der Waals surface area contributed by atoms with Gasteiger partial charge in [0.15, 0.2) is 0 Å². The summed E-state index contributed by atoms with van der Waals surface area (Å²) in [7, 11) is 0. The van der Waals surface area contributed by atoms with E-state index < -0.39 is 5.60 Å². The molecule has 3 aliphatic rings. The monoisotopic (exact) mass is 528 g/mol. The van der Waals surface area contributed by atoms with Crippen molar-refractivity contribution >= 4 is 34.6 Å². The number of allylic oxidation sites excluding steroid dienone is 3. The van der Waals surface area contributed by atoms with E-state index >= 15 is 0 Å². The van der Waals surface area contributed by atoms with Gasteiger partial charge in [-0.15, -0.1) is 0 Å². The molecule has 3 heterocycles. The predicted molar refractivity (Wildman–Crippen MR) is 162 cm³/mol. The number of hydrogen-bond donors (Lipinski definition) is 1. The first-order valence-corrected chi connectivity index (χ1v) is 14.7. The fourth-order valence-corrected chi connectivity index (χ4v) is 6.18. The summed E-state index contributed by atoms with van der Waals surface area (Å²) in [6.07, 6.45) is 10.2. The second-order valence-electron chi connectivity index (χ2n) is 12.9. The highest BCUT2D eigenvalue weighted by molar-refractivity contribution is 6.12. The average Bonchev–Trinajstić information content (AvgIpc) is 3.47. The number of nitrogens with zero attached hydrogens (tertiary/aromatic N) is 3. The van der Waals surface area contributed by atoms with Gasteiger partial charge in [0.1, 0.15) is 11.9 Å². The summed E-state index contributed by atoms with van der Waals surface area (Å²) in [6, 6.07) is 7.12. The summed E-state index contributed by atoms with van der Waals surface area (Å²) in [5, 5.41) is 1.31. The van der Waals surface area contributed by atoms with E-state index in [0.29, 0.717) is 17.8 Å². The van der Waals surface area contributed by atoms with Crippen LogP contribution in [-0.4, -0.2) is 52.8 Å². The molecular formula is C33H44N4O2. The first kappa shape index (κ1) is 27.4. The van der Waals surface area contributed by atoms with Crippen molar-refractivity contribution in [1.82, 2.24) is 9.88 Å². The molecule has 1 amide bonds. The Balaban J connectivity index is 1.44. The van der Waals surface area contributed by atoms with Crippen molar-refractivity contribution in [2.75, 3.05) is 13.1 Å². The van der Waals surface area contributed by atoms with Crippen LogP contribution in [0.25, 0.3) is 16.5 Å². The van der Waals surface area contributed by atoms with Crippen molar-refractivity contribution in [1.29, 1.82) is 0 Å². The molecule has 1 atom stereocenters. The van der Waals surface area contributed by atoms with E-state index in [2.05, 4.69) is 73.0 Å². The molecule has 6 nitrogen and oxygen atoms in total. The molecule has 1 aromatic carbocycles. The van der Waals surface area contributed by atoms with Crippen LogP contribution in [-0.2, 0) is 4.74 Å². The zero-order valence-electron chi connectivity index (χ0n) is 24.7. The van der Waals surface area contributed by atoms with E-state index in [1.807, 2.05) is 25.7 Å². The number of H-pyrrole nitrogens is 1. The van der Waals surface area contributed by atoms with E-state index in [4.69, 9.17) is 4.74 Å². The molecule has 2 aliphatic heterocycles. The van der Waals surface area contributed by atoms with Gasteiger partial charge in [-0.25, -0.2) is 9.79 Å². The molecule has 1 unspecified atom stereocenters. The fraction of sp³-hybridized carbons (Fsp3) is 0.545. The quantitative estimate of drug-likeness (QED) is 0.436. The fourth-order valence-electron chi connectivity index (χ4n) is 6.18. The molecule has 1 aliphatic carbocycles. The van der Waals surface area contributed by atoms with Gasteiger partial charge < -0.3 is 14.6 Å². The number of nitrogens with one attached hydrogen (secondary N) is 1. The number of rotatable bonds is 4. The predicted octanol–water partition coefficient (Wildman–Crippen LogP) is 8.02. The minimum Gasteiger partial charge on any atom is -0.444 e. The van der Waals surface area contributed by atoms with Crippen LogP contribution in [0, 0.1) is 5.92 Å². The average molecular weight is 529 g/mol. The number of aromatic amines is 1. The lowest BCUT2D eigenvalue weighted by Gasteiger charge is -2.33. The molecule has 1 aromatic heterocycles. The Kier molecular flexibility index (Phi) is 7.58. The molecule has 6 heteroatoms. The molecular weight excluding hydrogens is 484 g/mol. The van der Waals surface area contributed by atoms with Crippen molar-refractivity contribution in [3.8, 4) is 0 Å². The van der Waals surface area contributed by atoms with Crippen molar-refractivity contribution in [2.24, 2.45) is 15.9 Å². The number of ether oxygens (including phenoxy) is 1. The van der Waals surface area contributed by atoms with E-state index in [1.165, 1.54) is 38.9 Å². The Labute approximate surface area is 233 Å². The molecule has 208 valence electrons. The molecule has 5 rings (SSSR count). The highest BCUT2D eigenvalue weighted by atomic mass is 16.6. The van der Waals surface area contributed by atoms with E-state index in [0.717, 1.165) is 44.5 Å². The van der Waals surface area contributed by atoms with Crippen molar-refractivity contribution < 1.29 is 9.53 Å². The van der Waals surface area contributed by atoms with Gasteiger partial charge in [-0.3, -0.25) is 4.99 Å². The Morgan fingerprint density at radius 2 is 1.82 bits per heavy atom. The number of aromatic nitrogens is 1. The maximum Gasteiger partial charge on any atom is 0.410 e. The second kappa shape index (κ2) is 10.8. The molecule has 1 N–H and O–H groups in total. The van der Waals surface area contributed by atoms with Crippen molar-refractivity contribution in [2.45, 2.75) is 97.6 Å². The summed E-state index contributed by atoms with van der Waals surface area (Å²) < 4.78 is 5.60. The van der Waals surface area contributed by atoms with Gasteiger partial charge in [0, 0.05) is 29.7 Å². The number of likely N-dealkylation sites (tertiary alicyclic amines) is 1. The lowest BCUT2D eigenvalue weighted by Crippen LogP contribution is -2.41. The molecule has 0 spiro atoms. The van der Waals surface area contributed by atoms with Crippen molar-refractivity contribution in [3.63, 3.8) is 0 Å². The third-order valence-electron chi connectivity index (χ3n) is 8.14. The number of amides is 1. The number of fused-ring (bicyclic) bond motifs is 2. The molecule has 1 saturated heterocycles. The Morgan fingerprint density at radius 1 is 1.08 bits per heavy atom. The molecule has 0 saturated carbocycles. The maximum atomic E-state index is 12.6. The number of hydrogen-bond acceptors (Lipinski definition) is 4. The van der Waals surface area contributed by atoms with E-state index in [-0.39, 0.29) is 12.1 Å². The van der Waals surface area contributed by atoms with Gasteiger partial charge >= 0.3 is 6.09 Å². The third-order valence-corrected chi connectivity index (χ3v) is 8.14. The maximum absolute atomic E-state index is 12.6. The minimum absolute atomic E-state index is 0.188. The van der Waals surface area contributed by atoms with Gasteiger partial charge in [0.2, 0.25) is 0 Å². The van der Waals surface area contributed by atoms with Crippen molar-refractivity contribution in [3.05, 3.63) is 52.7 Å². The summed E-state index contributed by atoms with van der Waals surface area (Å²) in [4.78, 5) is 27.5. The molecule has 0 radical (unpaired) electrons. The normalized spacial score (nSPS) is 23.3. The minimum atomic E-state index is -0.463. The highest BCUT2D eigenvalue weighted by Gasteiger charge is 2.29. The number of benzene rings is 1. The Bertz CT molecular complexity index is 1360. The van der Waals surface area contributed by atoms with Crippen LogP contribution in [0.2, 0.25) is 0 Å². The topological polar surface area (TPSA) is 70.0 Å². The first-order chi connectivity index (χ1) is 18.5. The summed E-state index contributed by atoms with van der Waals surface area (Å²) in [5.41, 5.74) is 8.38. The highest BCUT2D eigenvalue weighted by Crippen LogP contribution is 2.39. The Hall–Kier alpha value is -3.15. The van der Waals surface area contributed by atoms with Gasteiger partial charge in [-0.2, -0.15) is 0 Å². The van der Waals surface area contributed by atoms with Crippen LogP contribution in [0.1, 0.15) is 103 Å². The van der Waals surface area contributed by atoms with Gasteiger partial charge in [0.25, 0.3) is 0 Å². The summed E-state index contributed by atoms with van der Waals surface area (Å²) in [5.74, 6) is 1.19. The van der Waals surface area contributed by atoms with Gasteiger partial charge in [-0.05, 0) is 105 Å². The van der Waals surface area contributed by atoms with E-state index in [9.17, 15) is 4.79 Å². The third kappa shape index (κ3) is 5.75. The van der Waals surface area contributed by atoms with Crippen LogP contribution in [0.4, 0.5) is 4.79 Å². The van der Waals surface area contributed by atoms with Crippen LogP contribution in [0.3, 0.4) is 0 Å². The molecule has 0 bridgehead atoms. The molecule has 1 fully saturated rings. The largest absolute Gasteiger partial charge is 0.444 e. The standard InChI is InChI=1S/C33H44N4O2/c1-20(2)25-18-24(9-8-10-28-31(25)35-19-34-28)30-29(21(3)4)26-17-23(11-12-27(26)36-30)22-13-15-37(16-14-22)32(38)39-33(5,6)7/h9,11-12,17-22,28,36H,8,10,13-16H2,1-7H3/b24-9+,25-18-. The summed E-state index contributed by atoms with van der Waals surface area (Å²) >= 11 is 0. The van der Waals surface area contributed by atoms with Crippen LogP contribution < -0.4 is 0 Å². The number of carbonyl (C=O) groups is 1. The van der Waals surface area contributed by atoms with Crippen LogP contribution in [0.5, 0.6) is 0 Å². The van der Waals surface area contributed by atoms with Gasteiger partial charge in [-0.1, -0.05) is 39.8 Å². The van der Waals surface area contributed by atoms with Gasteiger partial charge in [0.05, 0.1) is 11.8 Å². The lowest BCUT2D eigenvalue weighted by molar-refractivity contribution is 0.0205. The lowest BCUT2D eigenvalue weighted by atomic mass is 9.85. The SMILES string of the molecule is CC(C)/C1=C/C(c2[nH]c3ccc(C4CCN(C(=O)OC(C)(C)C)CC4)cc3c2C(C)C)=C\CCC2N=CN=C12. The number of aliphatic imine (C=N–C) groups is 2. The summed E-state index contributed by atoms with van der Waals surface area (Å²) in [6.45, 7) is 16.3. The van der Waals surface area contributed by atoms with Crippen LogP contribution >= 0.6 is 0 Å². The number of carbonyl (C=O) groups excluding carboxylic acids is 1. The zero-order chi connectivity index (χ0) is 27.9. The first-order valence-electron chi connectivity index (χ1n) is 14.7.